The summed E-state index contributed by atoms with van der Waals surface area (Å²) in [5.41, 5.74) is 1.66. The van der Waals surface area contributed by atoms with E-state index in [0.29, 0.717) is 23.7 Å². The molecule has 0 heterocycles. The van der Waals surface area contributed by atoms with Gasteiger partial charge in [-0.2, -0.15) is 0 Å². The predicted octanol–water partition coefficient (Wildman–Crippen LogP) is 4.08. The maximum absolute atomic E-state index is 11.4. The van der Waals surface area contributed by atoms with E-state index < -0.39 is 0 Å². The van der Waals surface area contributed by atoms with Crippen LogP contribution in [0.1, 0.15) is 22.8 Å². The van der Waals surface area contributed by atoms with Gasteiger partial charge in [-0.25, -0.2) is 0 Å². The van der Waals surface area contributed by atoms with E-state index in [0.717, 1.165) is 5.56 Å². The molecule has 0 aliphatic rings. The van der Waals surface area contributed by atoms with Crippen molar-refractivity contribution in [2.45, 2.75) is 13.5 Å². The van der Waals surface area contributed by atoms with E-state index in [4.69, 9.17) is 9.47 Å². The predicted molar refractivity (Wildman–Crippen MR) is 86.5 cm³/mol. The van der Waals surface area contributed by atoms with E-state index >= 15 is 0 Å². The summed E-state index contributed by atoms with van der Waals surface area (Å²) in [6.07, 6.45) is 0. The fourth-order valence-corrected chi connectivity index (χ4v) is 2.16. The molecule has 0 aromatic heterocycles. The van der Waals surface area contributed by atoms with Gasteiger partial charge in [-0.3, -0.25) is 4.79 Å². The molecule has 2 aromatic carbocycles. The second-order valence-electron chi connectivity index (χ2n) is 4.33. The van der Waals surface area contributed by atoms with Gasteiger partial charge in [0.2, 0.25) is 0 Å². The number of rotatable bonds is 5. The first-order chi connectivity index (χ1) is 9.60. The number of hydrogen-bond acceptors (Lipinski definition) is 3. The van der Waals surface area contributed by atoms with Crippen LogP contribution in [0.25, 0.3) is 0 Å². The highest BCUT2D eigenvalue weighted by Gasteiger charge is 2.09. The van der Waals surface area contributed by atoms with Crippen molar-refractivity contribution < 1.29 is 14.3 Å². The molecule has 2 aromatic rings. The van der Waals surface area contributed by atoms with Crippen molar-refractivity contribution in [3.8, 4) is 11.5 Å². The van der Waals surface area contributed by atoms with Gasteiger partial charge in [0.1, 0.15) is 18.1 Å². The van der Waals surface area contributed by atoms with E-state index in [1.54, 1.807) is 25.3 Å². The van der Waals surface area contributed by atoms with Crippen LogP contribution >= 0.6 is 22.6 Å². The van der Waals surface area contributed by atoms with Crippen LogP contribution in [-0.4, -0.2) is 12.9 Å². The molecule has 0 bridgehead atoms. The number of Topliss-reactive ketones (excluding diaryl/α,β-unsaturated/α-hetero) is 1. The van der Waals surface area contributed by atoms with Crippen molar-refractivity contribution in [3.63, 3.8) is 0 Å². The van der Waals surface area contributed by atoms with E-state index in [9.17, 15) is 4.79 Å². The Morgan fingerprint density at radius 2 is 1.85 bits per heavy atom. The molecule has 20 heavy (non-hydrogen) atoms. The summed E-state index contributed by atoms with van der Waals surface area (Å²) in [4.78, 5) is 11.4. The zero-order valence-corrected chi connectivity index (χ0v) is 13.5. The largest absolute Gasteiger partial charge is 0.496 e. The lowest BCUT2D eigenvalue weighted by Crippen LogP contribution is -2.00. The van der Waals surface area contributed by atoms with E-state index in [1.807, 2.05) is 24.3 Å². The number of ether oxygens (including phenoxy) is 2. The van der Waals surface area contributed by atoms with Crippen LogP contribution in [0.3, 0.4) is 0 Å². The third kappa shape index (κ3) is 3.72. The van der Waals surface area contributed by atoms with E-state index in [1.165, 1.54) is 10.5 Å². The highest BCUT2D eigenvalue weighted by Crippen LogP contribution is 2.25. The molecule has 104 valence electrons. The van der Waals surface area contributed by atoms with Crippen LogP contribution in [0, 0.1) is 3.57 Å². The number of hydrogen-bond donors (Lipinski definition) is 0. The van der Waals surface area contributed by atoms with Gasteiger partial charge < -0.3 is 9.47 Å². The van der Waals surface area contributed by atoms with E-state index in [-0.39, 0.29) is 5.78 Å². The molecule has 0 saturated heterocycles. The number of halogens is 1. The fraction of sp³-hybridized carbons (Fsp3) is 0.188. The monoisotopic (exact) mass is 382 g/mol. The van der Waals surface area contributed by atoms with Crippen molar-refractivity contribution in [2.75, 3.05) is 7.11 Å². The summed E-state index contributed by atoms with van der Waals surface area (Å²) in [6.45, 7) is 2.00. The third-order valence-electron chi connectivity index (χ3n) is 2.87. The van der Waals surface area contributed by atoms with Crippen molar-refractivity contribution in [3.05, 3.63) is 57.2 Å². The molecule has 2 rings (SSSR count). The normalized spacial score (nSPS) is 10.2. The molecule has 0 amide bonds. The van der Waals surface area contributed by atoms with Gasteiger partial charge in [0.15, 0.2) is 5.78 Å². The Kier molecular flexibility index (Phi) is 5.00. The molecule has 0 fully saturated rings. The average Bonchev–Trinajstić information content (AvgIpc) is 2.46. The van der Waals surface area contributed by atoms with Crippen molar-refractivity contribution in [1.82, 2.24) is 0 Å². The lowest BCUT2D eigenvalue weighted by molar-refractivity contribution is 0.101. The number of ketones is 1. The SMILES string of the molecule is COc1cc(OCc2ccc(I)cc2)ccc1C(C)=O. The molecule has 3 nitrogen and oxygen atoms in total. The van der Waals surface area contributed by atoms with Gasteiger partial charge in [0, 0.05) is 9.64 Å². The van der Waals surface area contributed by atoms with Crippen LogP contribution < -0.4 is 9.47 Å². The molecule has 0 saturated carbocycles. The third-order valence-corrected chi connectivity index (χ3v) is 3.59. The number of carbonyl (C=O) groups excluding carboxylic acids is 1. The van der Waals surface area contributed by atoms with Gasteiger partial charge in [0.25, 0.3) is 0 Å². The first-order valence-corrected chi connectivity index (χ1v) is 7.24. The Bertz CT molecular complexity index is 606. The van der Waals surface area contributed by atoms with Gasteiger partial charge >= 0.3 is 0 Å². The zero-order valence-electron chi connectivity index (χ0n) is 11.4. The molecule has 0 atom stereocenters. The highest BCUT2D eigenvalue weighted by molar-refractivity contribution is 14.1. The molecular weight excluding hydrogens is 367 g/mol. The Balaban J connectivity index is 2.10. The first kappa shape index (κ1) is 14.8. The average molecular weight is 382 g/mol. The molecule has 0 aliphatic carbocycles. The Labute approximate surface area is 132 Å². The first-order valence-electron chi connectivity index (χ1n) is 6.16. The summed E-state index contributed by atoms with van der Waals surface area (Å²) >= 11 is 2.27. The van der Waals surface area contributed by atoms with Crippen molar-refractivity contribution >= 4 is 28.4 Å². The minimum atomic E-state index is -0.0222. The number of benzene rings is 2. The van der Waals surface area contributed by atoms with Crippen LogP contribution in [0.2, 0.25) is 0 Å². The lowest BCUT2D eigenvalue weighted by Gasteiger charge is -2.10. The topological polar surface area (TPSA) is 35.5 Å². The van der Waals surface area contributed by atoms with Gasteiger partial charge in [0.05, 0.1) is 12.7 Å². The summed E-state index contributed by atoms with van der Waals surface area (Å²) in [5, 5.41) is 0. The molecule has 0 aliphatic heterocycles. The van der Waals surface area contributed by atoms with Gasteiger partial charge in [-0.15, -0.1) is 0 Å². The fourth-order valence-electron chi connectivity index (χ4n) is 1.80. The second kappa shape index (κ2) is 6.74. The standard InChI is InChI=1S/C16H15IO3/c1-11(18)15-8-7-14(9-16(15)19-2)20-10-12-3-5-13(17)6-4-12/h3-9H,10H2,1-2H3. The molecule has 0 spiro atoms. The second-order valence-corrected chi connectivity index (χ2v) is 5.58. The Hall–Kier alpha value is -1.56. The molecular formula is C16H15IO3. The molecule has 4 heteroatoms. The minimum Gasteiger partial charge on any atom is -0.496 e. The molecule has 0 unspecified atom stereocenters. The Morgan fingerprint density at radius 1 is 1.15 bits per heavy atom. The molecule has 0 N–H and O–H groups in total. The Morgan fingerprint density at radius 3 is 2.45 bits per heavy atom. The molecule has 0 radical (unpaired) electrons. The summed E-state index contributed by atoms with van der Waals surface area (Å²) in [7, 11) is 1.55. The number of methoxy groups -OCH3 is 1. The lowest BCUT2D eigenvalue weighted by atomic mass is 10.1. The maximum atomic E-state index is 11.4. The minimum absolute atomic E-state index is 0.0222. The summed E-state index contributed by atoms with van der Waals surface area (Å²) in [5.74, 6) is 1.20. The van der Waals surface area contributed by atoms with Gasteiger partial charge in [-0.1, -0.05) is 12.1 Å². The quantitative estimate of drug-likeness (QED) is 0.578. The zero-order chi connectivity index (χ0) is 14.5. The number of carbonyl (C=O) groups is 1. The van der Waals surface area contributed by atoms with Crippen molar-refractivity contribution in [1.29, 1.82) is 0 Å². The van der Waals surface area contributed by atoms with Crippen LogP contribution in [-0.2, 0) is 6.61 Å². The highest BCUT2D eigenvalue weighted by atomic mass is 127. The van der Waals surface area contributed by atoms with Crippen LogP contribution in [0.4, 0.5) is 0 Å². The maximum Gasteiger partial charge on any atom is 0.163 e. The van der Waals surface area contributed by atoms with E-state index in [2.05, 4.69) is 22.6 Å². The van der Waals surface area contributed by atoms with Crippen molar-refractivity contribution in [2.24, 2.45) is 0 Å². The van der Waals surface area contributed by atoms with Gasteiger partial charge in [-0.05, 0) is 59.3 Å². The summed E-state index contributed by atoms with van der Waals surface area (Å²) in [6, 6.07) is 13.4. The van der Waals surface area contributed by atoms with Crippen LogP contribution in [0.15, 0.2) is 42.5 Å². The van der Waals surface area contributed by atoms with Crippen LogP contribution in [0.5, 0.6) is 11.5 Å². The smallest absolute Gasteiger partial charge is 0.163 e. The summed E-state index contributed by atoms with van der Waals surface area (Å²) < 4.78 is 12.1.